The van der Waals surface area contributed by atoms with Gasteiger partial charge in [-0.15, -0.1) is 0 Å². The summed E-state index contributed by atoms with van der Waals surface area (Å²) in [4.78, 5) is 0. The summed E-state index contributed by atoms with van der Waals surface area (Å²) >= 11 is 0. The summed E-state index contributed by atoms with van der Waals surface area (Å²) in [5, 5.41) is 3.62. The van der Waals surface area contributed by atoms with Gasteiger partial charge in [-0.1, -0.05) is 27.2 Å². The molecule has 1 heterocycles. The molecule has 2 nitrogen and oxygen atoms in total. The Labute approximate surface area is 93.8 Å². The lowest BCUT2D eigenvalue weighted by Crippen LogP contribution is -2.53. The first-order valence-corrected chi connectivity index (χ1v) is 6.48. The van der Waals surface area contributed by atoms with Crippen LogP contribution in [0, 0.1) is 5.41 Å². The first-order valence-electron chi connectivity index (χ1n) is 6.48. The number of nitrogens with one attached hydrogen (secondary N) is 1. The molecule has 1 spiro atoms. The van der Waals surface area contributed by atoms with Crippen molar-refractivity contribution < 1.29 is 4.74 Å². The second kappa shape index (κ2) is 4.06. The third-order valence-electron chi connectivity index (χ3n) is 3.89. The van der Waals surface area contributed by atoms with Crippen molar-refractivity contribution in [3.63, 3.8) is 0 Å². The van der Waals surface area contributed by atoms with Gasteiger partial charge in [-0.2, -0.15) is 0 Å². The van der Waals surface area contributed by atoms with Gasteiger partial charge in [0.2, 0.25) is 0 Å². The predicted octanol–water partition coefficient (Wildman–Crippen LogP) is 3.07. The molecule has 2 rings (SSSR count). The monoisotopic (exact) mass is 211 g/mol. The maximum Gasteiger partial charge on any atom is 0.120 e. The van der Waals surface area contributed by atoms with Crippen LogP contribution in [0.1, 0.15) is 59.3 Å². The molecule has 0 radical (unpaired) electrons. The first-order chi connectivity index (χ1) is 7.05. The van der Waals surface area contributed by atoms with Crippen LogP contribution in [0.4, 0.5) is 0 Å². The van der Waals surface area contributed by atoms with Gasteiger partial charge in [0.1, 0.15) is 5.72 Å². The van der Waals surface area contributed by atoms with Gasteiger partial charge in [-0.25, -0.2) is 0 Å². The Morgan fingerprint density at radius 2 is 2.13 bits per heavy atom. The molecule has 1 saturated heterocycles. The number of hydrogen-bond acceptors (Lipinski definition) is 2. The van der Waals surface area contributed by atoms with Crippen molar-refractivity contribution in [2.45, 2.75) is 71.1 Å². The molecule has 2 aliphatic rings. The fourth-order valence-electron chi connectivity index (χ4n) is 3.15. The van der Waals surface area contributed by atoms with E-state index in [0.29, 0.717) is 11.5 Å². The van der Waals surface area contributed by atoms with Gasteiger partial charge >= 0.3 is 0 Å². The number of rotatable bonds is 2. The Morgan fingerprint density at radius 1 is 1.33 bits per heavy atom. The van der Waals surface area contributed by atoms with Crippen molar-refractivity contribution in [1.29, 1.82) is 0 Å². The summed E-state index contributed by atoms with van der Waals surface area (Å²) in [6.07, 6.45) is 7.83. The van der Waals surface area contributed by atoms with Gasteiger partial charge in [0.05, 0.1) is 6.10 Å². The maximum absolute atomic E-state index is 6.30. The minimum atomic E-state index is 0.0294. The normalized spacial score (nSPS) is 39.8. The van der Waals surface area contributed by atoms with Crippen LogP contribution >= 0.6 is 0 Å². The van der Waals surface area contributed by atoms with Crippen LogP contribution in [-0.2, 0) is 4.74 Å². The van der Waals surface area contributed by atoms with Gasteiger partial charge in [-0.3, -0.25) is 5.32 Å². The van der Waals surface area contributed by atoms with Crippen molar-refractivity contribution in [2.75, 3.05) is 6.54 Å². The van der Waals surface area contributed by atoms with E-state index >= 15 is 0 Å². The summed E-state index contributed by atoms with van der Waals surface area (Å²) in [7, 11) is 0. The van der Waals surface area contributed by atoms with Crippen LogP contribution in [0.2, 0.25) is 0 Å². The second-order valence-corrected chi connectivity index (χ2v) is 6.08. The first kappa shape index (κ1) is 11.4. The Kier molecular flexibility index (Phi) is 3.09. The second-order valence-electron chi connectivity index (χ2n) is 6.08. The Hall–Kier alpha value is -0.0800. The van der Waals surface area contributed by atoms with Gasteiger partial charge in [0.15, 0.2) is 0 Å². The molecule has 0 bridgehead atoms. The lowest BCUT2D eigenvalue weighted by Gasteiger charge is -2.40. The van der Waals surface area contributed by atoms with E-state index in [1.807, 2.05) is 0 Å². The zero-order chi connectivity index (χ0) is 10.9. The van der Waals surface area contributed by atoms with E-state index in [-0.39, 0.29) is 5.72 Å². The van der Waals surface area contributed by atoms with Crippen molar-refractivity contribution in [2.24, 2.45) is 5.41 Å². The Bertz CT molecular complexity index is 225. The van der Waals surface area contributed by atoms with E-state index < -0.39 is 0 Å². The summed E-state index contributed by atoms with van der Waals surface area (Å²) in [6.45, 7) is 8.10. The van der Waals surface area contributed by atoms with Crippen LogP contribution in [0.25, 0.3) is 0 Å². The molecule has 88 valence electrons. The van der Waals surface area contributed by atoms with Crippen molar-refractivity contribution in [1.82, 2.24) is 5.32 Å². The van der Waals surface area contributed by atoms with E-state index in [1.165, 1.54) is 38.5 Å². The molecule has 15 heavy (non-hydrogen) atoms. The van der Waals surface area contributed by atoms with Crippen LogP contribution in [-0.4, -0.2) is 18.4 Å². The number of hydrogen-bond donors (Lipinski definition) is 1. The molecule has 2 fully saturated rings. The minimum absolute atomic E-state index is 0.0294. The molecule has 2 unspecified atom stereocenters. The molecule has 1 aliphatic carbocycles. The molecular weight excluding hydrogens is 186 g/mol. The smallest absolute Gasteiger partial charge is 0.120 e. The Morgan fingerprint density at radius 3 is 2.73 bits per heavy atom. The van der Waals surface area contributed by atoms with Crippen LogP contribution in [0.15, 0.2) is 0 Å². The molecule has 0 aromatic heterocycles. The standard InChI is InChI=1S/C13H25NO/c1-4-5-11-6-9-14-13(15-11)8-7-12(2,3)10-13/h11,14H,4-10H2,1-3H3. The Balaban J connectivity index is 1.97. The summed E-state index contributed by atoms with van der Waals surface area (Å²) in [5.74, 6) is 0. The fourth-order valence-corrected chi connectivity index (χ4v) is 3.15. The topological polar surface area (TPSA) is 21.3 Å². The van der Waals surface area contributed by atoms with E-state index in [0.717, 1.165) is 6.54 Å². The molecule has 0 amide bonds. The third kappa shape index (κ3) is 2.54. The molecule has 2 atom stereocenters. The zero-order valence-electron chi connectivity index (χ0n) is 10.4. The van der Waals surface area contributed by atoms with Crippen molar-refractivity contribution in [3.8, 4) is 0 Å². The average molecular weight is 211 g/mol. The molecular formula is C13H25NO. The van der Waals surface area contributed by atoms with Crippen molar-refractivity contribution in [3.05, 3.63) is 0 Å². The summed E-state index contributed by atoms with van der Waals surface area (Å²) < 4.78 is 6.30. The average Bonchev–Trinajstić information content (AvgIpc) is 2.42. The largest absolute Gasteiger partial charge is 0.357 e. The lowest BCUT2D eigenvalue weighted by atomic mass is 9.91. The molecule has 1 N–H and O–H groups in total. The van der Waals surface area contributed by atoms with E-state index in [2.05, 4.69) is 26.1 Å². The zero-order valence-corrected chi connectivity index (χ0v) is 10.4. The minimum Gasteiger partial charge on any atom is -0.357 e. The van der Waals surface area contributed by atoms with Crippen LogP contribution < -0.4 is 5.32 Å². The highest BCUT2D eigenvalue weighted by atomic mass is 16.5. The van der Waals surface area contributed by atoms with Gasteiger partial charge in [-0.05, 0) is 37.5 Å². The fraction of sp³-hybridized carbons (Fsp3) is 1.00. The van der Waals surface area contributed by atoms with E-state index in [1.54, 1.807) is 0 Å². The van der Waals surface area contributed by atoms with E-state index in [9.17, 15) is 0 Å². The van der Waals surface area contributed by atoms with Crippen LogP contribution in [0.5, 0.6) is 0 Å². The molecule has 2 heteroatoms. The maximum atomic E-state index is 6.30. The summed E-state index contributed by atoms with van der Waals surface area (Å²) in [5.41, 5.74) is 0.489. The highest BCUT2D eigenvalue weighted by Crippen LogP contribution is 2.46. The molecule has 0 aromatic rings. The SMILES string of the molecule is CCCC1CCNC2(CCC(C)(C)C2)O1. The molecule has 0 aromatic carbocycles. The summed E-state index contributed by atoms with van der Waals surface area (Å²) in [6, 6.07) is 0. The third-order valence-corrected chi connectivity index (χ3v) is 3.89. The van der Waals surface area contributed by atoms with Gasteiger partial charge < -0.3 is 4.74 Å². The highest BCUT2D eigenvalue weighted by Gasteiger charge is 2.46. The lowest BCUT2D eigenvalue weighted by molar-refractivity contribution is -0.144. The van der Waals surface area contributed by atoms with Crippen LogP contribution in [0.3, 0.4) is 0 Å². The van der Waals surface area contributed by atoms with Crippen molar-refractivity contribution >= 4 is 0 Å². The van der Waals surface area contributed by atoms with E-state index in [4.69, 9.17) is 4.74 Å². The highest BCUT2D eigenvalue weighted by molar-refractivity contribution is 4.96. The predicted molar refractivity (Wildman–Crippen MR) is 62.8 cm³/mol. The number of ether oxygens (including phenoxy) is 1. The molecule has 1 saturated carbocycles. The molecule has 1 aliphatic heterocycles. The van der Waals surface area contributed by atoms with Gasteiger partial charge in [0, 0.05) is 6.54 Å². The quantitative estimate of drug-likeness (QED) is 0.758. The van der Waals surface area contributed by atoms with Gasteiger partial charge in [0.25, 0.3) is 0 Å².